The smallest absolute Gasteiger partial charge is 0.159 e. The monoisotopic (exact) mass is 531 g/mol. The first-order valence-electron chi connectivity index (χ1n) is 13.2. The molecule has 40 heavy (non-hydrogen) atoms. The van der Waals surface area contributed by atoms with Crippen molar-refractivity contribution in [1.29, 1.82) is 0 Å². The van der Waals surface area contributed by atoms with Gasteiger partial charge in [0.2, 0.25) is 0 Å². The molecule has 0 spiro atoms. The molecular weight excluding hydrogens is 501 g/mol. The van der Waals surface area contributed by atoms with E-state index in [9.17, 15) is 4.39 Å². The summed E-state index contributed by atoms with van der Waals surface area (Å²) in [5, 5.41) is 12.1. The number of allylic oxidation sites excluding steroid dienone is 1. The van der Waals surface area contributed by atoms with Crippen molar-refractivity contribution in [3.8, 4) is 22.6 Å². The van der Waals surface area contributed by atoms with Gasteiger partial charge in [-0.15, -0.1) is 0 Å². The number of imidazole rings is 1. The number of hydrogen-bond donors (Lipinski definition) is 3. The summed E-state index contributed by atoms with van der Waals surface area (Å²) in [6.45, 7) is 10.8. The van der Waals surface area contributed by atoms with Crippen molar-refractivity contribution in [3.05, 3.63) is 102 Å². The molecular formula is C32H30FN7. The highest BCUT2D eigenvalue weighted by Crippen LogP contribution is 2.34. The first-order valence-corrected chi connectivity index (χ1v) is 13.2. The molecule has 1 aliphatic rings. The molecule has 3 N–H and O–H groups in total. The molecule has 5 aromatic rings. The second-order valence-corrected chi connectivity index (χ2v) is 11.3. The molecule has 8 heteroatoms. The molecule has 4 heterocycles. The lowest BCUT2D eigenvalue weighted by Crippen LogP contribution is -2.10. The Kier molecular flexibility index (Phi) is 6.38. The molecule has 7 nitrogen and oxygen atoms in total. The minimum Gasteiger partial charge on any atom is -0.358 e. The predicted octanol–water partition coefficient (Wildman–Crippen LogP) is 7.53. The molecule has 0 unspecified atom stereocenters. The number of anilines is 1. The zero-order valence-corrected chi connectivity index (χ0v) is 22.7. The summed E-state index contributed by atoms with van der Waals surface area (Å²) in [6.07, 6.45) is 8.65. The molecule has 1 aliphatic heterocycles. The van der Waals surface area contributed by atoms with Crippen LogP contribution in [0.25, 0.3) is 39.1 Å². The summed E-state index contributed by atoms with van der Waals surface area (Å²) in [5.74, 6) is 0.333. The molecule has 0 fully saturated rings. The molecule has 3 aromatic heterocycles. The average molecular weight is 532 g/mol. The van der Waals surface area contributed by atoms with Gasteiger partial charge in [0, 0.05) is 52.9 Å². The Morgan fingerprint density at radius 2 is 1.90 bits per heavy atom. The van der Waals surface area contributed by atoms with Gasteiger partial charge in [-0.3, -0.25) is 15.1 Å². The maximum Gasteiger partial charge on any atom is 0.159 e. The fourth-order valence-corrected chi connectivity index (χ4v) is 5.02. The lowest BCUT2D eigenvalue weighted by Gasteiger charge is -2.20. The number of H-pyrrole nitrogens is 2. The van der Waals surface area contributed by atoms with Crippen LogP contribution in [0.15, 0.2) is 84.4 Å². The van der Waals surface area contributed by atoms with Gasteiger partial charge in [0.1, 0.15) is 11.5 Å². The molecule has 0 saturated heterocycles. The van der Waals surface area contributed by atoms with Gasteiger partial charge in [-0.05, 0) is 53.3 Å². The highest BCUT2D eigenvalue weighted by Gasteiger charge is 2.21. The van der Waals surface area contributed by atoms with E-state index in [4.69, 9.17) is 4.98 Å². The minimum atomic E-state index is -0.304. The average Bonchev–Trinajstić information content (AvgIpc) is 3.46. The fourth-order valence-electron chi connectivity index (χ4n) is 5.02. The highest BCUT2D eigenvalue weighted by molar-refractivity contribution is 5.95. The number of pyridine rings is 1. The summed E-state index contributed by atoms with van der Waals surface area (Å²) in [4.78, 5) is 17.2. The SMILES string of the molecule is C=C(CC(C)(C)C)Nc1cncc(-c2ccc3[nH]nc(-c4nc5c([nH]4)CC=NC=C5c4cccc(F)c4)c3c2)c1. The molecule has 0 amide bonds. The Morgan fingerprint density at radius 1 is 1.02 bits per heavy atom. The Morgan fingerprint density at radius 3 is 2.73 bits per heavy atom. The summed E-state index contributed by atoms with van der Waals surface area (Å²) in [6, 6.07) is 14.7. The van der Waals surface area contributed by atoms with Gasteiger partial charge in [0.25, 0.3) is 0 Å². The molecule has 0 aliphatic carbocycles. The predicted molar refractivity (Wildman–Crippen MR) is 159 cm³/mol. The lowest BCUT2D eigenvalue weighted by atomic mass is 9.91. The first kappa shape index (κ1) is 25.4. The Labute approximate surface area is 232 Å². The second-order valence-electron chi connectivity index (χ2n) is 11.3. The number of nitrogens with one attached hydrogen (secondary N) is 3. The van der Waals surface area contributed by atoms with Crippen LogP contribution in [0.4, 0.5) is 10.1 Å². The largest absolute Gasteiger partial charge is 0.358 e. The van der Waals surface area contributed by atoms with Gasteiger partial charge in [-0.25, -0.2) is 9.37 Å². The van der Waals surface area contributed by atoms with Gasteiger partial charge in [-0.1, -0.05) is 45.5 Å². The van der Waals surface area contributed by atoms with Crippen molar-refractivity contribution in [2.45, 2.75) is 33.6 Å². The van der Waals surface area contributed by atoms with E-state index in [0.29, 0.717) is 17.9 Å². The van der Waals surface area contributed by atoms with E-state index < -0.39 is 0 Å². The van der Waals surface area contributed by atoms with Crippen molar-refractivity contribution < 1.29 is 4.39 Å². The topological polar surface area (TPSA) is 94.6 Å². The number of aromatic nitrogens is 5. The van der Waals surface area contributed by atoms with Crippen LogP contribution in [-0.4, -0.2) is 31.4 Å². The second kappa shape index (κ2) is 10.0. The molecule has 0 saturated carbocycles. The minimum absolute atomic E-state index is 0.142. The van der Waals surface area contributed by atoms with E-state index in [1.807, 2.05) is 36.8 Å². The van der Waals surface area contributed by atoms with Crippen molar-refractivity contribution in [3.63, 3.8) is 0 Å². The lowest BCUT2D eigenvalue weighted by molar-refractivity contribution is 0.411. The molecule has 6 rings (SSSR count). The van der Waals surface area contributed by atoms with Gasteiger partial charge in [0.05, 0.1) is 23.1 Å². The Bertz CT molecular complexity index is 1800. The van der Waals surface area contributed by atoms with Crippen molar-refractivity contribution in [1.82, 2.24) is 25.1 Å². The summed E-state index contributed by atoms with van der Waals surface area (Å²) < 4.78 is 14.0. The third-order valence-electron chi connectivity index (χ3n) is 6.70. The molecule has 0 atom stereocenters. The van der Waals surface area contributed by atoms with E-state index >= 15 is 0 Å². The van der Waals surface area contributed by atoms with Crippen molar-refractivity contribution in [2.24, 2.45) is 10.4 Å². The number of nitrogens with zero attached hydrogens (tertiary/aromatic N) is 4. The van der Waals surface area contributed by atoms with E-state index in [1.165, 1.54) is 12.1 Å². The molecule has 2 aromatic carbocycles. The Hall–Kier alpha value is -4.85. The van der Waals surface area contributed by atoms with Crippen LogP contribution in [0.1, 0.15) is 44.1 Å². The van der Waals surface area contributed by atoms with Gasteiger partial charge < -0.3 is 10.3 Å². The number of fused-ring (bicyclic) bond motifs is 2. The van der Waals surface area contributed by atoms with Crippen LogP contribution in [0, 0.1) is 11.2 Å². The summed E-state index contributed by atoms with van der Waals surface area (Å²) in [5.41, 5.74) is 8.70. The maximum atomic E-state index is 14.0. The van der Waals surface area contributed by atoms with E-state index in [0.717, 1.165) is 62.4 Å². The Balaban J connectivity index is 1.35. The number of rotatable bonds is 6. The maximum absolute atomic E-state index is 14.0. The number of aromatic amines is 2. The fraction of sp³-hybridized carbons (Fsp3) is 0.188. The third-order valence-corrected chi connectivity index (χ3v) is 6.70. The van der Waals surface area contributed by atoms with E-state index in [2.05, 4.69) is 70.0 Å². The molecule has 0 radical (unpaired) electrons. The molecule has 0 bridgehead atoms. The first-order chi connectivity index (χ1) is 19.2. The van der Waals surface area contributed by atoms with Gasteiger partial charge in [0.15, 0.2) is 5.82 Å². The normalized spacial score (nSPS) is 13.2. The van der Waals surface area contributed by atoms with Crippen LogP contribution >= 0.6 is 0 Å². The zero-order valence-electron chi connectivity index (χ0n) is 22.7. The van der Waals surface area contributed by atoms with E-state index in [1.54, 1.807) is 12.3 Å². The standard InChI is InChI=1S/C32H30FN7/c1-19(15-32(2,3)4)36-24-13-22(16-35-17-24)20-8-9-27-25(14-20)30(40-39-27)31-37-28-10-11-34-18-26(29(28)38-31)21-6-5-7-23(33)12-21/h5-9,11-14,16-18,36H,1,10,15H2,2-4H3,(H,37,38)(H,39,40). The number of benzene rings is 2. The van der Waals surface area contributed by atoms with Gasteiger partial charge in [-0.2, -0.15) is 5.10 Å². The number of halogens is 1. The van der Waals surface area contributed by atoms with Crippen LogP contribution in [0.5, 0.6) is 0 Å². The van der Waals surface area contributed by atoms with Gasteiger partial charge >= 0.3 is 0 Å². The summed E-state index contributed by atoms with van der Waals surface area (Å²) >= 11 is 0. The van der Waals surface area contributed by atoms with Crippen LogP contribution in [-0.2, 0) is 6.42 Å². The zero-order chi connectivity index (χ0) is 27.9. The number of hydrogen-bond acceptors (Lipinski definition) is 5. The van der Waals surface area contributed by atoms with Crippen LogP contribution < -0.4 is 5.32 Å². The quantitative estimate of drug-likeness (QED) is 0.211. The third kappa shape index (κ3) is 5.20. The summed E-state index contributed by atoms with van der Waals surface area (Å²) in [7, 11) is 0. The molecule has 200 valence electrons. The highest BCUT2D eigenvalue weighted by atomic mass is 19.1. The van der Waals surface area contributed by atoms with E-state index in [-0.39, 0.29) is 11.2 Å². The van der Waals surface area contributed by atoms with Crippen molar-refractivity contribution >= 4 is 28.4 Å². The number of aliphatic imine (C=N–C) groups is 1. The van der Waals surface area contributed by atoms with Crippen LogP contribution in [0.3, 0.4) is 0 Å². The van der Waals surface area contributed by atoms with Crippen LogP contribution in [0.2, 0.25) is 0 Å². The van der Waals surface area contributed by atoms with Crippen molar-refractivity contribution in [2.75, 3.05) is 5.32 Å².